The molecule has 0 spiro atoms. The van der Waals surface area contributed by atoms with E-state index in [-0.39, 0.29) is 11.5 Å². The first-order chi connectivity index (χ1) is 10.5. The normalized spacial score (nSPS) is 13.6. The van der Waals surface area contributed by atoms with Gasteiger partial charge in [0.2, 0.25) is 0 Å². The molecule has 0 amide bonds. The molecule has 0 saturated carbocycles. The summed E-state index contributed by atoms with van der Waals surface area (Å²) < 4.78 is 28.8. The minimum atomic E-state index is -3.80. The topological polar surface area (TPSA) is 63.6 Å². The van der Waals surface area contributed by atoms with Crippen molar-refractivity contribution in [3.8, 4) is 0 Å². The predicted octanol–water partition coefficient (Wildman–Crippen LogP) is 3.59. The number of unbranched alkanes of at least 4 members (excludes halogenated alkanes) is 3. The molecule has 0 aromatic heterocycles. The van der Waals surface area contributed by atoms with Crippen LogP contribution in [0.15, 0.2) is 41.3 Å². The van der Waals surface area contributed by atoms with E-state index in [1.54, 1.807) is 12.1 Å². The first kappa shape index (κ1) is 18.9. The molecule has 0 saturated heterocycles. The van der Waals surface area contributed by atoms with Crippen molar-refractivity contribution in [3.05, 3.63) is 42.0 Å². The zero-order valence-corrected chi connectivity index (χ0v) is 14.2. The standard InChI is InChI=1S/C17H26O4S/c1-3-4-5-6-7-8-9-16(18)14-21-22(19,20)17-12-10-15(2)11-13-17/h7-8,10-13,16,18H,3-6,9,14H2,1-2H3/b8-7-. The number of allylic oxidation sites excluding steroid dienone is 1. The lowest BCUT2D eigenvalue weighted by atomic mass is 10.2. The zero-order valence-electron chi connectivity index (χ0n) is 13.4. The quantitative estimate of drug-likeness (QED) is 0.405. The van der Waals surface area contributed by atoms with Crippen LogP contribution in [0.25, 0.3) is 0 Å². The van der Waals surface area contributed by atoms with Crippen molar-refractivity contribution in [2.24, 2.45) is 0 Å². The summed E-state index contributed by atoms with van der Waals surface area (Å²) in [6.07, 6.45) is 7.99. The lowest BCUT2D eigenvalue weighted by Gasteiger charge is -2.09. The Kier molecular flexibility index (Phi) is 8.38. The van der Waals surface area contributed by atoms with Crippen LogP contribution >= 0.6 is 0 Å². The molecule has 1 aromatic rings. The average Bonchev–Trinajstić information content (AvgIpc) is 2.49. The Hall–Kier alpha value is -1.17. The maximum atomic E-state index is 11.9. The molecule has 1 unspecified atom stereocenters. The number of aryl methyl sites for hydroxylation is 1. The number of hydrogen-bond donors (Lipinski definition) is 1. The Labute approximate surface area is 133 Å². The number of aliphatic hydroxyl groups is 1. The van der Waals surface area contributed by atoms with Crippen molar-refractivity contribution in [3.63, 3.8) is 0 Å². The molecule has 0 heterocycles. The summed E-state index contributed by atoms with van der Waals surface area (Å²) in [5, 5.41) is 9.77. The van der Waals surface area contributed by atoms with E-state index >= 15 is 0 Å². The van der Waals surface area contributed by atoms with E-state index < -0.39 is 16.2 Å². The molecule has 124 valence electrons. The van der Waals surface area contributed by atoms with E-state index in [0.29, 0.717) is 6.42 Å². The molecule has 4 nitrogen and oxygen atoms in total. The fourth-order valence-electron chi connectivity index (χ4n) is 1.89. The molecule has 0 aliphatic heterocycles. The SMILES string of the molecule is CCCCC/C=C\CC(O)COS(=O)(=O)c1ccc(C)cc1. The average molecular weight is 326 g/mol. The first-order valence-corrected chi connectivity index (χ1v) is 9.15. The zero-order chi connectivity index (χ0) is 16.4. The first-order valence-electron chi connectivity index (χ1n) is 7.75. The third kappa shape index (κ3) is 7.20. The smallest absolute Gasteiger partial charge is 0.297 e. The third-order valence-corrected chi connectivity index (χ3v) is 4.57. The Bertz CT molecular complexity index is 547. The molecule has 0 aliphatic carbocycles. The second-order valence-electron chi connectivity index (χ2n) is 5.41. The van der Waals surface area contributed by atoms with E-state index in [9.17, 15) is 13.5 Å². The summed E-state index contributed by atoms with van der Waals surface area (Å²) in [6, 6.07) is 6.44. The Morgan fingerprint density at radius 1 is 1.18 bits per heavy atom. The molecule has 1 rings (SSSR count). The van der Waals surface area contributed by atoms with Crippen molar-refractivity contribution in [1.29, 1.82) is 0 Å². The molecule has 1 N–H and O–H groups in total. The molecular formula is C17H26O4S. The molecule has 22 heavy (non-hydrogen) atoms. The summed E-state index contributed by atoms with van der Waals surface area (Å²) in [4.78, 5) is 0.111. The van der Waals surface area contributed by atoms with Crippen LogP contribution in [0.4, 0.5) is 0 Å². The van der Waals surface area contributed by atoms with E-state index in [1.807, 2.05) is 19.1 Å². The van der Waals surface area contributed by atoms with Gasteiger partial charge in [0.05, 0.1) is 17.6 Å². The van der Waals surface area contributed by atoms with Gasteiger partial charge in [-0.05, 0) is 38.3 Å². The van der Waals surface area contributed by atoms with Crippen molar-refractivity contribution in [1.82, 2.24) is 0 Å². The third-order valence-electron chi connectivity index (χ3n) is 3.27. The lowest BCUT2D eigenvalue weighted by molar-refractivity contribution is 0.113. The van der Waals surface area contributed by atoms with Gasteiger partial charge in [-0.15, -0.1) is 0 Å². The van der Waals surface area contributed by atoms with Gasteiger partial charge in [-0.3, -0.25) is 4.18 Å². The molecule has 0 fully saturated rings. The molecular weight excluding hydrogens is 300 g/mol. The fourth-order valence-corrected chi connectivity index (χ4v) is 2.83. The van der Waals surface area contributed by atoms with E-state index in [0.717, 1.165) is 18.4 Å². The summed E-state index contributed by atoms with van der Waals surface area (Å²) in [6.45, 7) is 3.81. The van der Waals surface area contributed by atoms with Crippen LogP contribution < -0.4 is 0 Å². The summed E-state index contributed by atoms with van der Waals surface area (Å²) in [5.41, 5.74) is 0.979. The van der Waals surface area contributed by atoms with Crippen LogP contribution in [0.5, 0.6) is 0 Å². The van der Waals surface area contributed by atoms with Crippen molar-refractivity contribution in [2.45, 2.75) is 57.0 Å². The van der Waals surface area contributed by atoms with Crippen LogP contribution in [0, 0.1) is 6.92 Å². The number of aliphatic hydroxyl groups excluding tert-OH is 1. The number of rotatable bonds is 10. The molecule has 0 aliphatic rings. The molecule has 1 aromatic carbocycles. The maximum absolute atomic E-state index is 11.9. The van der Waals surface area contributed by atoms with E-state index in [1.165, 1.54) is 25.0 Å². The van der Waals surface area contributed by atoms with Gasteiger partial charge in [0, 0.05) is 0 Å². The van der Waals surface area contributed by atoms with Crippen molar-refractivity contribution in [2.75, 3.05) is 6.61 Å². The molecule has 0 bridgehead atoms. The van der Waals surface area contributed by atoms with Gasteiger partial charge < -0.3 is 5.11 Å². The number of benzene rings is 1. The van der Waals surface area contributed by atoms with Crippen LogP contribution in [-0.4, -0.2) is 26.2 Å². The second-order valence-corrected chi connectivity index (χ2v) is 7.02. The largest absolute Gasteiger partial charge is 0.390 e. The minimum absolute atomic E-state index is 0.111. The van der Waals surface area contributed by atoms with Gasteiger partial charge in [-0.2, -0.15) is 8.42 Å². The highest BCUT2D eigenvalue weighted by molar-refractivity contribution is 7.86. The Balaban J connectivity index is 2.36. The predicted molar refractivity (Wildman–Crippen MR) is 88.2 cm³/mol. The van der Waals surface area contributed by atoms with Crippen LogP contribution in [-0.2, 0) is 14.3 Å². The van der Waals surface area contributed by atoms with Crippen LogP contribution in [0.2, 0.25) is 0 Å². The highest BCUT2D eigenvalue weighted by Crippen LogP contribution is 2.14. The van der Waals surface area contributed by atoms with Crippen LogP contribution in [0.3, 0.4) is 0 Å². The summed E-state index contributed by atoms with van der Waals surface area (Å²) in [5.74, 6) is 0. The molecule has 1 atom stereocenters. The van der Waals surface area contributed by atoms with E-state index in [2.05, 4.69) is 6.92 Å². The fraction of sp³-hybridized carbons (Fsp3) is 0.529. The van der Waals surface area contributed by atoms with Gasteiger partial charge in [0.1, 0.15) is 0 Å². The molecule has 5 heteroatoms. The lowest BCUT2D eigenvalue weighted by Crippen LogP contribution is -2.18. The van der Waals surface area contributed by atoms with Crippen LogP contribution in [0.1, 0.15) is 44.6 Å². The van der Waals surface area contributed by atoms with E-state index in [4.69, 9.17) is 4.18 Å². The van der Waals surface area contributed by atoms with Gasteiger partial charge in [-0.1, -0.05) is 49.6 Å². The maximum Gasteiger partial charge on any atom is 0.297 e. The van der Waals surface area contributed by atoms with Gasteiger partial charge in [-0.25, -0.2) is 0 Å². The monoisotopic (exact) mass is 326 g/mol. The van der Waals surface area contributed by atoms with Crippen molar-refractivity contribution < 1.29 is 17.7 Å². The Morgan fingerprint density at radius 3 is 2.50 bits per heavy atom. The summed E-state index contributed by atoms with van der Waals surface area (Å²) >= 11 is 0. The van der Waals surface area contributed by atoms with Gasteiger partial charge in [0.15, 0.2) is 0 Å². The number of hydrogen-bond acceptors (Lipinski definition) is 4. The molecule has 0 radical (unpaired) electrons. The summed E-state index contributed by atoms with van der Waals surface area (Å²) in [7, 11) is -3.80. The van der Waals surface area contributed by atoms with Gasteiger partial charge >= 0.3 is 0 Å². The van der Waals surface area contributed by atoms with Crippen molar-refractivity contribution >= 4 is 10.1 Å². The second kappa shape index (κ2) is 9.77. The van der Waals surface area contributed by atoms with Gasteiger partial charge in [0.25, 0.3) is 10.1 Å². The minimum Gasteiger partial charge on any atom is -0.390 e. The highest BCUT2D eigenvalue weighted by Gasteiger charge is 2.16. The highest BCUT2D eigenvalue weighted by atomic mass is 32.2. The Morgan fingerprint density at radius 2 is 1.86 bits per heavy atom.